The van der Waals surface area contributed by atoms with E-state index in [0.29, 0.717) is 11.5 Å². The predicted octanol–water partition coefficient (Wildman–Crippen LogP) is 9.13. The van der Waals surface area contributed by atoms with Crippen molar-refractivity contribution in [1.29, 1.82) is 0 Å². The van der Waals surface area contributed by atoms with Crippen molar-refractivity contribution >= 4 is 12.4 Å². The molecule has 1 fully saturated rings. The predicted molar refractivity (Wildman–Crippen MR) is 172 cm³/mol. The Morgan fingerprint density at radius 3 is 1.15 bits per heavy atom. The van der Waals surface area contributed by atoms with Crippen LogP contribution in [0, 0.1) is 0 Å². The van der Waals surface area contributed by atoms with Crippen LogP contribution in [0.15, 0.2) is 34.3 Å². The zero-order chi connectivity index (χ0) is 30.3. The van der Waals surface area contributed by atoms with E-state index in [9.17, 15) is 10.2 Å². The fraction of sp³-hybridized carbons (Fsp3) is 0.611. The van der Waals surface area contributed by atoms with Crippen molar-refractivity contribution in [2.75, 3.05) is 0 Å². The smallest absolute Gasteiger partial charge is 0.507 e. The molecular formula is C36H54CoN2O2+3. The summed E-state index contributed by atoms with van der Waals surface area (Å²) in [6.07, 6.45) is 7.90. The van der Waals surface area contributed by atoms with Gasteiger partial charge < -0.3 is 10.2 Å². The topological polar surface area (TPSA) is 65.2 Å². The Hall–Kier alpha value is -2.11. The average Bonchev–Trinajstić information content (AvgIpc) is 2.80. The minimum absolute atomic E-state index is 0. The molecule has 0 bridgehead atoms. The molecule has 2 N–H and O–H groups in total. The summed E-state index contributed by atoms with van der Waals surface area (Å²) in [6, 6.07) is 8.53. The first-order valence-electron chi connectivity index (χ1n) is 15.0. The van der Waals surface area contributed by atoms with Crippen LogP contribution in [0.3, 0.4) is 0 Å². The van der Waals surface area contributed by atoms with E-state index in [1.807, 2.05) is 12.4 Å². The Kier molecular flexibility index (Phi) is 10.8. The second-order valence-corrected chi connectivity index (χ2v) is 15.9. The number of phenolic OH excluding ortho intramolecular Hbond substituents is 2. The van der Waals surface area contributed by atoms with Crippen LogP contribution in [0.5, 0.6) is 11.5 Å². The number of rotatable bonds is 4. The molecule has 2 aromatic carbocycles. The molecule has 226 valence electrons. The van der Waals surface area contributed by atoms with Crippen molar-refractivity contribution in [1.82, 2.24) is 0 Å². The van der Waals surface area contributed by atoms with Gasteiger partial charge in [-0.2, -0.15) is 0 Å². The van der Waals surface area contributed by atoms with Gasteiger partial charge >= 0.3 is 16.8 Å². The molecule has 0 saturated heterocycles. The molecular weight excluding hydrogens is 551 g/mol. The normalized spacial score (nSPS) is 19.1. The summed E-state index contributed by atoms with van der Waals surface area (Å²) in [5.41, 5.74) is 5.39. The van der Waals surface area contributed by atoms with E-state index < -0.39 is 0 Å². The summed E-state index contributed by atoms with van der Waals surface area (Å²) in [4.78, 5) is 10.1. The SMILES string of the molecule is CC(C)(C)c1cc(C=N[C@@H]2CCCC[C@H]2N=Cc2cc(C(C)(C)C)cc(C(C)(C)C)c2O)c(O)c(C(C)(C)C)c1.[Co+3]. The molecule has 1 aliphatic rings. The molecule has 0 aliphatic heterocycles. The molecule has 0 radical (unpaired) electrons. The molecule has 1 saturated carbocycles. The number of aromatic hydroxyl groups is 2. The van der Waals surface area contributed by atoms with Crippen LogP contribution < -0.4 is 0 Å². The minimum atomic E-state index is -0.179. The summed E-state index contributed by atoms with van der Waals surface area (Å²) in [6.45, 7) is 26.0. The van der Waals surface area contributed by atoms with Crippen LogP contribution in [0.4, 0.5) is 0 Å². The largest absolute Gasteiger partial charge is 3.00 e. The molecule has 5 heteroatoms. The maximum atomic E-state index is 11.2. The molecule has 2 aromatic rings. The summed E-state index contributed by atoms with van der Waals surface area (Å²) in [7, 11) is 0. The first-order valence-corrected chi connectivity index (χ1v) is 15.0. The van der Waals surface area contributed by atoms with Crippen LogP contribution in [-0.2, 0) is 38.4 Å². The summed E-state index contributed by atoms with van der Waals surface area (Å²) in [5, 5.41) is 22.5. The van der Waals surface area contributed by atoms with Crippen molar-refractivity contribution in [3.63, 3.8) is 0 Å². The quantitative estimate of drug-likeness (QED) is 0.342. The molecule has 0 aromatic heterocycles. The van der Waals surface area contributed by atoms with Crippen LogP contribution in [0.25, 0.3) is 0 Å². The second kappa shape index (κ2) is 12.6. The molecule has 41 heavy (non-hydrogen) atoms. The Morgan fingerprint density at radius 1 is 0.561 bits per heavy atom. The van der Waals surface area contributed by atoms with Gasteiger partial charge in [-0.3, -0.25) is 9.98 Å². The number of hydrogen-bond donors (Lipinski definition) is 2. The van der Waals surface area contributed by atoms with Gasteiger partial charge in [0.05, 0.1) is 12.1 Å². The zero-order valence-electron chi connectivity index (χ0n) is 27.6. The van der Waals surface area contributed by atoms with Gasteiger partial charge in [-0.05, 0) is 57.8 Å². The van der Waals surface area contributed by atoms with E-state index in [4.69, 9.17) is 9.98 Å². The van der Waals surface area contributed by atoms with Crippen molar-refractivity contribution in [3.05, 3.63) is 57.6 Å². The third-order valence-corrected chi connectivity index (χ3v) is 8.13. The van der Waals surface area contributed by atoms with E-state index in [0.717, 1.165) is 47.9 Å². The number of hydrogen-bond acceptors (Lipinski definition) is 4. The fourth-order valence-corrected chi connectivity index (χ4v) is 5.31. The Morgan fingerprint density at radius 2 is 0.878 bits per heavy atom. The molecule has 0 amide bonds. The summed E-state index contributed by atoms with van der Waals surface area (Å²) in [5.74, 6) is 0.637. The van der Waals surface area contributed by atoms with E-state index in [-0.39, 0.29) is 50.5 Å². The van der Waals surface area contributed by atoms with Gasteiger partial charge in [0.2, 0.25) is 0 Å². The van der Waals surface area contributed by atoms with Gasteiger partial charge in [-0.15, -0.1) is 0 Å². The van der Waals surface area contributed by atoms with Crippen molar-refractivity contribution in [2.24, 2.45) is 9.98 Å². The van der Waals surface area contributed by atoms with Gasteiger partial charge in [-0.25, -0.2) is 0 Å². The molecule has 2 atom stereocenters. The van der Waals surface area contributed by atoms with E-state index in [1.54, 1.807) is 0 Å². The van der Waals surface area contributed by atoms with Gasteiger partial charge in [0.15, 0.2) is 0 Å². The minimum Gasteiger partial charge on any atom is -0.507 e. The summed E-state index contributed by atoms with van der Waals surface area (Å²) < 4.78 is 0. The number of nitrogens with zero attached hydrogens (tertiary/aromatic N) is 2. The van der Waals surface area contributed by atoms with E-state index in [1.165, 1.54) is 11.1 Å². The molecule has 0 unspecified atom stereocenters. The van der Waals surface area contributed by atoms with Crippen molar-refractivity contribution in [3.8, 4) is 11.5 Å². The van der Waals surface area contributed by atoms with Gasteiger partial charge in [0, 0.05) is 34.7 Å². The van der Waals surface area contributed by atoms with Gasteiger partial charge in [0.25, 0.3) is 0 Å². The number of aliphatic imine (C=N–C) groups is 2. The van der Waals surface area contributed by atoms with E-state index >= 15 is 0 Å². The van der Waals surface area contributed by atoms with Crippen LogP contribution in [0.1, 0.15) is 142 Å². The molecule has 0 heterocycles. The van der Waals surface area contributed by atoms with Crippen molar-refractivity contribution in [2.45, 2.75) is 143 Å². The monoisotopic (exact) mass is 605 g/mol. The standard InChI is InChI=1S/C36H54N2O2.Co/c1-33(2,3)25-17-23(31(39)27(19-25)35(7,8)9)21-37-29-15-13-14-16-30(29)38-22-24-18-26(34(4,5)6)20-28(32(24)40)36(10,11)12;/h17-22,29-30,39-40H,13-16H2,1-12H3;/q;+3/t29-,30-;/m1./s1. The second-order valence-electron chi connectivity index (χ2n) is 15.9. The molecule has 0 spiro atoms. The maximum Gasteiger partial charge on any atom is 3.00 e. The third-order valence-electron chi connectivity index (χ3n) is 8.13. The molecule has 4 nitrogen and oxygen atoms in total. The summed E-state index contributed by atoms with van der Waals surface area (Å²) >= 11 is 0. The third kappa shape index (κ3) is 8.70. The van der Waals surface area contributed by atoms with Crippen LogP contribution >= 0.6 is 0 Å². The Labute approximate surface area is 260 Å². The average molecular weight is 606 g/mol. The Balaban J connectivity index is 0.00000588. The Bertz CT molecular complexity index is 1170. The van der Waals surface area contributed by atoms with Gasteiger partial charge in [0.1, 0.15) is 11.5 Å². The molecule has 3 rings (SSSR count). The van der Waals surface area contributed by atoms with Crippen molar-refractivity contribution < 1.29 is 27.0 Å². The zero-order valence-corrected chi connectivity index (χ0v) is 28.6. The number of phenols is 2. The first kappa shape index (κ1) is 35.1. The van der Waals surface area contributed by atoms with Crippen LogP contribution in [-0.4, -0.2) is 34.7 Å². The van der Waals surface area contributed by atoms with Gasteiger partial charge in [-0.1, -0.05) is 108 Å². The maximum absolute atomic E-state index is 11.2. The number of benzene rings is 2. The fourth-order valence-electron chi connectivity index (χ4n) is 5.31. The first-order chi connectivity index (χ1) is 18.2. The van der Waals surface area contributed by atoms with Crippen LogP contribution in [0.2, 0.25) is 0 Å². The molecule has 1 aliphatic carbocycles. The van der Waals surface area contributed by atoms with E-state index in [2.05, 4.69) is 107 Å².